The van der Waals surface area contributed by atoms with E-state index in [0.717, 1.165) is 29.9 Å². The van der Waals surface area contributed by atoms with Crippen LogP contribution in [0.1, 0.15) is 38.4 Å². The van der Waals surface area contributed by atoms with Crippen molar-refractivity contribution in [1.82, 2.24) is 0 Å². The Bertz CT molecular complexity index is 374. The van der Waals surface area contributed by atoms with Gasteiger partial charge in [0.1, 0.15) is 13.2 Å². The van der Waals surface area contributed by atoms with Crippen LogP contribution < -0.4 is 9.47 Å². The van der Waals surface area contributed by atoms with Crippen molar-refractivity contribution in [3.05, 3.63) is 23.8 Å². The molecule has 17 heavy (non-hydrogen) atoms. The summed E-state index contributed by atoms with van der Waals surface area (Å²) in [5, 5.41) is 10.2. The van der Waals surface area contributed by atoms with Gasteiger partial charge in [-0.15, -0.1) is 0 Å². The standard InChI is InChI=1S/C14H20O3/c1-10(2)6-7-12(15)11-4-3-5-13-14(11)17-9-8-16-13/h3-5,10,12,15H,6-9H2,1-2H3. The highest BCUT2D eigenvalue weighted by molar-refractivity contribution is 5.48. The zero-order valence-electron chi connectivity index (χ0n) is 10.5. The maximum Gasteiger partial charge on any atom is 0.167 e. The van der Waals surface area contributed by atoms with Gasteiger partial charge in [0.15, 0.2) is 11.5 Å². The van der Waals surface area contributed by atoms with Crippen molar-refractivity contribution in [3.63, 3.8) is 0 Å². The molecule has 1 aromatic rings. The van der Waals surface area contributed by atoms with Crippen LogP contribution in [0, 0.1) is 5.92 Å². The van der Waals surface area contributed by atoms with Crippen LogP contribution in [-0.2, 0) is 0 Å². The maximum absolute atomic E-state index is 10.2. The summed E-state index contributed by atoms with van der Waals surface area (Å²) in [6, 6.07) is 5.70. The minimum Gasteiger partial charge on any atom is -0.486 e. The molecule has 0 saturated carbocycles. The van der Waals surface area contributed by atoms with Gasteiger partial charge in [-0.2, -0.15) is 0 Å². The molecule has 0 amide bonds. The predicted octanol–water partition coefficient (Wildman–Crippen LogP) is 2.93. The van der Waals surface area contributed by atoms with Gasteiger partial charge in [0.05, 0.1) is 6.10 Å². The molecule has 94 valence electrons. The molecule has 0 radical (unpaired) electrons. The average molecular weight is 236 g/mol. The lowest BCUT2D eigenvalue weighted by Gasteiger charge is -2.23. The summed E-state index contributed by atoms with van der Waals surface area (Å²) >= 11 is 0. The number of hydrogen-bond donors (Lipinski definition) is 1. The molecular weight excluding hydrogens is 216 g/mol. The van der Waals surface area contributed by atoms with Gasteiger partial charge >= 0.3 is 0 Å². The van der Waals surface area contributed by atoms with Crippen LogP contribution in [0.15, 0.2) is 18.2 Å². The monoisotopic (exact) mass is 236 g/mol. The highest BCUT2D eigenvalue weighted by Gasteiger charge is 2.20. The Balaban J connectivity index is 2.14. The second-order valence-electron chi connectivity index (χ2n) is 4.86. The lowest BCUT2D eigenvalue weighted by atomic mass is 9.99. The first-order valence-electron chi connectivity index (χ1n) is 6.25. The van der Waals surface area contributed by atoms with Crippen LogP contribution in [0.2, 0.25) is 0 Å². The van der Waals surface area contributed by atoms with Crippen molar-refractivity contribution < 1.29 is 14.6 Å². The number of hydrogen-bond acceptors (Lipinski definition) is 3. The molecule has 3 nitrogen and oxygen atoms in total. The van der Waals surface area contributed by atoms with E-state index in [1.54, 1.807) is 0 Å². The quantitative estimate of drug-likeness (QED) is 0.873. The topological polar surface area (TPSA) is 38.7 Å². The van der Waals surface area contributed by atoms with Crippen LogP contribution in [0.4, 0.5) is 0 Å². The van der Waals surface area contributed by atoms with Crippen molar-refractivity contribution in [1.29, 1.82) is 0 Å². The zero-order valence-corrected chi connectivity index (χ0v) is 10.5. The fourth-order valence-electron chi connectivity index (χ4n) is 2.01. The summed E-state index contributed by atoms with van der Waals surface area (Å²) in [4.78, 5) is 0. The lowest BCUT2D eigenvalue weighted by Crippen LogP contribution is -2.17. The minimum absolute atomic E-state index is 0.464. The molecule has 0 saturated heterocycles. The molecule has 1 aliphatic heterocycles. The molecule has 0 spiro atoms. The summed E-state index contributed by atoms with van der Waals surface area (Å²) in [6.45, 7) is 5.46. The van der Waals surface area contributed by atoms with Crippen LogP contribution in [-0.4, -0.2) is 18.3 Å². The molecule has 1 heterocycles. The summed E-state index contributed by atoms with van der Waals surface area (Å²) in [7, 11) is 0. The Morgan fingerprint density at radius 3 is 2.71 bits per heavy atom. The number of aliphatic hydroxyl groups excluding tert-OH is 1. The Kier molecular flexibility index (Phi) is 3.89. The molecule has 1 N–H and O–H groups in total. The van der Waals surface area contributed by atoms with Gasteiger partial charge in [-0.05, 0) is 24.8 Å². The molecule has 0 bridgehead atoms. The molecule has 1 aromatic carbocycles. The van der Waals surface area contributed by atoms with E-state index in [4.69, 9.17) is 9.47 Å². The molecule has 0 aromatic heterocycles. The Morgan fingerprint density at radius 1 is 1.18 bits per heavy atom. The van der Waals surface area contributed by atoms with Crippen LogP contribution in [0.5, 0.6) is 11.5 Å². The number of fused-ring (bicyclic) bond motifs is 1. The van der Waals surface area contributed by atoms with Gasteiger partial charge in [-0.1, -0.05) is 26.0 Å². The van der Waals surface area contributed by atoms with E-state index in [1.807, 2.05) is 18.2 Å². The normalized spacial score (nSPS) is 16.0. The lowest BCUT2D eigenvalue weighted by molar-refractivity contribution is 0.136. The van der Waals surface area contributed by atoms with Crippen molar-refractivity contribution in [2.24, 2.45) is 5.92 Å². The summed E-state index contributed by atoms with van der Waals surface area (Å²) < 4.78 is 11.1. The van der Waals surface area contributed by atoms with Gasteiger partial charge in [-0.25, -0.2) is 0 Å². The first-order chi connectivity index (χ1) is 8.18. The van der Waals surface area contributed by atoms with Gasteiger partial charge in [0.25, 0.3) is 0 Å². The smallest absolute Gasteiger partial charge is 0.167 e. The van der Waals surface area contributed by atoms with Gasteiger partial charge < -0.3 is 14.6 Å². The molecule has 1 unspecified atom stereocenters. The van der Waals surface area contributed by atoms with E-state index in [1.165, 1.54) is 0 Å². The number of ether oxygens (including phenoxy) is 2. The van der Waals surface area contributed by atoms with Crippen LogP contribution >= 0.6 is 0 Å². The Hall–Kier alpha value is -1.22. The molecular formula is C14H20O3. The van der Waals surface area contributed by atoms with E-state index in [9.17, 15) is 5.11 Å². The fourth-order valence-corrected chi connectivity index (χ4v) is 2.01. The van der Waals surface area contributed by atoms with Crippen molar-refractivity contribution in [3.8, 4) is 11.5 Å². The van der Waals surface area contributed by atoms with Crippen molar-refractivity contribution in [2.75, 3.05) is 13.2 Å². The van der Waals surface area contributed by atoms with E-state index in [-0.39, 0.29) is 0 Å². The Morgan fingerprint density at radius 2 is 1.94 bits per heavy atom. The molecule has 1 aliphatic rings. The van der Waals surface area contributed by atoms with Gasteiger partial charge in [-0.3, -0.25) is 0 Å². The van der Waals surface area contributed by atoms with Crippen molar-refractivity contribution >= 4 is 0 Å². The third-order valence-electron chi connectivity index (χ3n) is 2.97. The second kappa shape index (κ2) is 5.41. The number of benzene rings is 1. The molecule has 3 heteroatoms. The number of aliphatic hydroxyl groups is 1. The van der Waals surface area contributed by atoms with Gasteiger partial charge in [0, 0.05) is 5.56 Å². The molecule has 0 aliphatic carbocycles. The number of rotatable bonds is 4. The first kappa shape index (κ1) is 12.2. The third-order valence-corrected chi connectivity index (χ3v) is 2.97. The SMILES string of the molecule is CC(C)CCC(O)c1cccc2c1OCCO2. The first-order valence-corrected chi connectivity index (χ1v) is 6.25. The highest BCUT2D eigenvalue weighted by atomic mass is 16.6. The third kappa shape index (κ3) is 2.91. The second-order valence-corrected chi connectivity index (χ2v) is 4.86. The minimum atomic E-state index is -0.464. The molecule has 0 fully saturated rings. The van der Waals surface area contributed by atoms with E-state index >= 15 is 0 Å². The van der Waals surface area contributed by atoms with E-state index in [2.05, 4.69) is 13.8 Å². The van der Waals surface area contributed by atoms with Crippen LogP contribution in [0.25, 0.3) is 0 Å². The largest absolute Gasteiger partial charge is 0.486 e. The molecule has 2 rings (SSSR count). The fraction of sp³-hybridized carbons (Fsp3) is 0.571. The highest BCUT2D eigenvalue weighted by Crippen LogP contribution is 2.38. The summed E-state index contributed by atoms with van der Waals surface area (Å²) in [5.41, 5.74) is 0.850. The van der Waals surface area contributed by atoms with Gasteiger partial charge in [0.2, 0.25) is 0 Å². The predicted molar refractivity (Wildman–Crippen MR) is 66.5 cm³/mol. The van der Waals surface area contributed by atoms with Crippen molar-refractivity contribution in [2.45, 2.75) is 32.8 Å². The molecule has 1 atom stereocenters. The van der Waals surface area contributed by atoms with Crippen LogP contribution in [0.3, 0.4) is 0 Å². The summed E-state index contributed by atoms with van der Waals surface area (Å²) in [5.74, 6) is 2.06. The van der Waals surface area contributed by atoms with E-state index < -0.39 is 6.10 Å². The number of para-hydroxylation sites is 1. The average Bonchev–Trinajstić information content (AvgIpc) is 2.35. The summed E-state index contributed by atoms with van der Waals surface area (Å²) in [6.07, 6.45) is 1.30. The Labute approximate surface area is 102 Å². The zero-order chi connectivity index (χ0) is 12.3. The maximum atomic E-state index is 10.2. The van der Waals surface area contributed by atoms with E-state index in [0.29, 0.717) is 19.1 Å².